The monoisotopic (exact) mass is 316 g/mol. The van der Waals surface area contributed by atoms with E-state index in [0.717, 1.165) is 0 Å². The smallest absolute Gasteiger partial charge is 0.211 e. The van der Waals surface area contributed by atoms with Crippen molar-refractivity contribution in [3.8, 4) is 0 Å². The number of halogens is 1. The van der Waals surface area contributed by atoms with Crippen molar-refractivity contribution >= 4 is 10.0 Å². The van der Waals surface area contributed by atoms with Crippen LogP contribution in [0.25, 0.3) is 0 Å². The molecule has 1 aromatic rings. The summed E-state index contributed by atoms with van der Waals surface area (Å²) in [6, 6.07) is 6.00. The van der Waals surface area contributed by atoms with Gasteiger partial charge in [0.1, 0.15) is 5.82 Å². The molecule has 0 aromatic heterocycles. The van der Waals surface area contributed by atoms with Crippen molar-refractivity contribution in [2.45, 2.75) is 19.1 Å². The maximum atomic E-state index is 13.6. The lowest BCUT2D eigenvalue weighted by atomic mass is 10.1. The lowest BCUT2D eigenvalue weighted by molar-refractivity contribution is 0.0735. The Bertz CT molecular complexity index is 594. The summed E-state index contributed by atoms with van der Waals surface area (Å²) < 4.78 is 38.3. The average molecular weight is 316 g/mol. The molecule has 2 atom stereocenters. The fraction of sp³-hybridized carbons (Fsp3) is 0.571. The quantitative estimate of drug-likeness (QED) is 0.894. The van der Waals surface area contributed by atoms with Crippen LogP contribution in [0, 0.1) is 5.82 Å². The molecule has 2 rings (SSSR count). The van der Waals surface area contributed by atoms with Gasteiger partial charge in [-0.2, -0.15) is 4.31 Å². The van der Waals surface area contributed by atoms with E-state index in [0.29, 0.717) is 26.2 Å². The molecule has 0 radical (unpaired) electrons. The minimum atomic E-state index is -3.20. The molecule has 1 unspecified atom stereocenters. The summed E-state index contributed by atoms with van der Waals surface area (Å²) in [5.41, 5.74) is 0.274. The number of nitrogens with zero attached hydrogens (tertiary/aromatic N) is 2. The lowest BCUT2D eigenvalue weighted by Crippen LogP contribution is -2.54. The summed E-state index contributed by atoms with van der Waals surface area (Å²) in [5, 5.41) is 10.2. The van der Waals surface area contributed by atoms with Gasteiger partial charge in [0.05, 0.1) is 12.4 Å². The van der Waals surface area contributed by atoms with Crippen molar-refractivity contribution in [2.75, 3.05) is 32.4 Å². The van der Waals surface area contributed by atoms with Crippen molar-refractivity contribution in [3.05, 3.63) is 35.6 Å². The van der Waals surface area contributed by atoms with E-state index >= 15 is 0 Å². The molecule has 1 aromatic carbocycles. The first kappa shape index (κ1) is 16.4. The van der Waals surface area contributed by atoms with E-state index in [1.165, 1.54) is 16.6 Å². The maximum Gasteiger partial charge on any atom is 0.211 e. The van der Waals surface area contributed by atoms with E-state index < -0.39 is 21.9 Å². The summed E-state index contributed by atoms with van der Waals surface area (Å²) in [5.74, 6) is -0.423. The van der Waals surface area contributed by atoms with Crippen LogP contribution in [0.5, 0.6) is 0 Å². The van der Waals surface area contributed by atoms with Crippen LogP contribution >= 0.6 is 0 Å². The number of piperazine rings is 1. The summed E-state index contributed by atoms with van der Waals surface area (Å²) >= 11 is 0. The van der Waals surface area contributed by atoms with Crippen LogP contribution in [-0.4, -0.2) is 61.2 Å². The van der Waals surface area contributed by atoms with E-state index in [9.17, 15) is 17.9 Å². The molecule has 118 valence electrons. The number of hydrogen-bond acceptors (Lipinski definition) is 4. The first-order chi connectivity index (χ1) is 9.79. The Kier molecular flexibility index (Phi) is 4.98. The zero-order valence-corrected chi connectivity index (χ0v) is 13.1. The summed E-state index contributed by atoms with van der Waals surface area (Å²) in [4.78, 5) is 1.96. The third kappa shape index (κ3) is 4.00. The fourth-order valence-electron chi connectivity index (χ4n) is 2.76. The predicted octanol–water partition coefficient (Wildman–Crippen LogP) is 0.825. The van der Waals surface area contributed by atoms with Gasteiger partial charge in [0.15, 0.2) is 0 Å². The van der Waals surface area contributed by atoms with Crippen molar-refractivity contribution < 1.29 is 17.9 Å². The molecule has 0 saturated carbocycles. The van der Waals surface area contributed by atoms with Crippen LogP contribution in [0.15, 0.2) is 24.3 Å². The van der Waals surface area contributed by atoms with Crippen LogP contribution in [0.3, 0.4) is 0 Å². The molecule has 1 aliphatic heterocycles. The Morgan fingerprint density at radius 2 is 2.05 bits per heavy atom. The molecule has 0 bridgehead atoms. The third-order valence-corrected chi connectivity index (χ3v) is 5.17. The number of aliphatic hydroxyl groups is 1. The minimum Gasteiger partial charge on any atom is -0.387 e. The van der Waals surface area contributed by atoms with Crippen LogP contribution in [0.2, 0.25) is 0 Å². The normalized spacial score (nSPS) is 23.1. The van der Waals surface area contributed by atoms with Gasteiger partial charge in [-0.1, -0.05) is 18.2 Å². The Balaban J connectivity index is 1.98. The van der Waals surface area contributed by atoms with Crippen LogP contribution in [-0.2, 0) is 10.0 Å². The largest absolute Gasteiger partial charge is 0.387 e. The lowest BCUT2D eigenvalue weighted by Gasteiger charge is -2.39. The second kappa shape index (κ2) is 6.39. The Labute approximate surface area is 125 Å². The van der Waals surface area contributed by atoms with Gasteiger partial charge in [0.25, 0.3) is 0 Å². The van der Waals surface area contributed by atoms with Gasteiger partial charge in [-0.25, -0.2) is 12.8 Å². The van der Waals surface area contributed by atoms with Gasteiger partial charge in [-0.15, -0.1) is 0 Å². The zero-order valence-electron chi connectivity index (χ0n) is 12.2. The van der Waals surface area contributed by atoms with Gasteiger partial charge in [-0.3, -0.25) is 4.90 Å². The molecule has 1 N–H and O–H groups in total. The van der Waals surface area contributed by atoms with E-state index in [4.69, 9.17) is 0 Å². The Morgan fingerprint density at radius 1 is 1.38 bits per heavy atom. The molecule has 1 saturated heterocycles. The Hall–Kier alpha value is -1.02. The SMILES string of the molecule is C[C@H]1CN(CC(O)c2ccccc2F)CCN1S(C)(=O)=O. The van der Waals surface area contributed by atoms with E-state index in [1.807, 2.05) is 11.8 Å². The Morgan fingerprint density at radius 3 is 2.62 bits per heavy atom. The molecule has 0 aliphatic carbocycles. The van der Waals surface area contributed by atoms with Gasteiger partial charge < -0.3 is 5.11 Å². The molecule has 5 nitrogen and oxygen atoms in total. The van der Waals surface area contributed by atoms with Crippen LogP contribution < -0.4 is 0 Å². The van der Waals surface area contributed by atoms with Crippen molar-refractivity contribution in [1.82, 2.24) is 9.21 Å². The highest BCUT2D eigenvalue weighted by atomic mass is 32.2. The van der Waals surface area contributed by atoms with Crippen molar-refractivity contribution in [1.29, 1.82) is 0 Å². The highest BCUT2D eigenvalue weighted by molar-refractivity contribution is 7.88. The molecule has 0 spiro atoms. The molecule has 1 heterocycles. The average Bonchev–Trinajstić information content (AvgIpc) is 2.37. The van der Waals surface area contributed by atoms with E-state index in [-0.39, 0.29) is 11.6 Å². The molecular formula is C14H21FN2O3S. The molecule has 7 heteroatoms. The number of sulfonamides is 1. The molecule has 1 fully saturated rings. The highest BCUT2D eigenvalue weighted by Gasteiger charge is 2.30. The highest BCUT2D eigenvalue weighted by Crippen LogP contribution is 2.20. The fourth-order valence-corrected chi connectivity index (χ4v) is 3.90. The van der Waals surface area contributed by atoms with Crippen LogP contribution in [0.1, 0.15) is 18.6 Å². The first-order valence-electron chi connectivity index (χ1n) is 6.90. The predicted molar refractivity (Wildman–Crippen MR) is 78.8 cm³/mol. The molecule has 1 aliphatic rings. The maximum absolute atomic E-state index is 13.6. The van der Waals surface area contributed by atoms with Crippen molar-refractivity contribution in [2.24, 2.45) is 0 Å². The second-order valence-electron chi connectivity index (χ2n) is 5.52. The number of rotatable bonds is 4. The number of aliphatic hydroxyl groups excluding tert-OH is 1. The summed E-state index contributed by atoms with van der Waals surface area (Å²) in [6.45, 7) is 3.58. The van der Waals surface area contributed by atoms with Crippen molar-refractivity contribution in [3.63, 3.8) is 0 Å². The first-order valence-corrected chi connectivity index (χ1v) is 8.75. The number of benzene rings is 1. The number of hydrogen-bond donors (Lipinski definition) is 1. The standard InChI is InChI=1S/C14H21FN2O3S/c1-11-9-16(7-8-17(11)21(2,19)20)10-14(18)12-5-3-4-6-13(12)15/h3-6,11,14,18H,7-10H2,1-2H3/t11-,14?/m0/s1. The summed E-state index contributed by atoms with van der Waals surface area (Å²) in [7, 11) is -3.20. The summed E-state index contributed by atoms with van der Waals surface area (Å²) in [6.07, 6.45) is 0.288. The van der Waals surface area contributed by atoms with E-state index in [2.05, 4.69) is 0 Å². The van der Waals surface area contributed by atoms with Gasteiger partial charge in [-0.05, 0) is 13.0 Å². The number of β-amino-alcohol motifs (C(OH)–C–C–N with tert-alkyl or cyclic N) is 1. The molecule has 21 heavy (non-hydrogen) atoms. The second-order valence-corrected chi connectivity index (χ2v) is 7.45. The van der Waals surface area contributed by atoms with E-state index in [1.54, 1.807) is 18.2 Å². The third-order valence-electron chi connectivity index (χ3n) is 3.77. The molecule has 0 amide bonds. The minimum absolute atomic E-state index is 0.151. The van der Waals surface area contributed by atoms with Gasteiger partial charge in [0, 0.05) is 37.8 Å². The van der Waals surface area contributed by atoms with Gasteiger partial charge in [0.2, 0.25) is 10.0 Å². The topological polar surface area (TPSA) is 60.9 Å². The van der Waals surface area contributed by atoms with Gasteiger partial charge >= 0.3 is 0 Å². The van der Waals surface area contributed by atoms with Crippen LogP contribution in [0.4, 0.5) is 4.39 Å². The zero-order chi connectivity index (χ0) is 15.6. The molecular weight excluding hydrogens is 295 g/mol.